The van der Waals surface area contributed by atoms with E-state index in [4.69, 9.17) is 23.2 Å². The molecule has 0 unspecified atom stereocenters. The fourth-order valence-corrected chi connectivity index (χ4v) is 2.59. The normalized spacial score (nSPS) is 10.7. The second-order valence-corrected chi connectivity index (χ2v) is 6.41. The van der Waals surface area contributed by atoms with Crippen molar-refractivity contribution >= 4 is 40.5 Å². The van der Waals surface area contributed by atoms with Gasteiger partial charge in [-0.2, -0.15) is 0 Å². The lowest BCUT2D eigenvalue weighted by atomic mass is 10.2. The molecule has 2 rings (SSSR count). The first kappa shape index (κ1) is 18.5. The van der Waals surface area contributed by atoms with Gasteiger partial charge in [-0.3, -0.25) is 9.78 Å². The first-order chi connectivity index (χ1) is 11.5. The highest BCUT2D eigenvalue weighted by Crippen LogP contribution is 2.32. The summed E-state index contributed by atoms with van der Waals surface area (Å²) in [5, 5.41) is 6.99. The molecule has 5 nitrogen and oxygen atoms in total. The Balaban J connectivity index is 2.02. The van der Waals surface area contributed by atoms with Crippen molar-refractivity contribution in [3.63, 3.8) is 0 Å². The van der Waals surface area contributed by atoms with Gasteiger partial charge in [-0.15, -0.1) is 0 Å². The Labute approximate surface area is 152 Å². The molecule has 1 heterocycles. The molecule has 0 fully saturated rings. The monoisotopic (exact) mass is 366 g/mol. The molecule has 1 amide bonds. The minimum atomic E-state index is -0.157. The number of hydrogen-bond donors (Lipinski definition) is 2. The zero-order valence-electron chi connectivity index (χ0n) is 13.6. The summed E-state index contributed by atoms with van der Waals surface area (Å²) >= 11 is 12.3. The maximum atomic E-state index is 12.2. The molecular formula is C17H20Cl2N4O. The maximum absolute atomic E-state index is 12.2. The number of amides is 1. The molecule has 1 aromatic carbocycles. The summed E-state index contributed by atoms with van der Waals surface area (Å²) in [5.74, 6) is -0.157. The van der Waals surface area contributed by atoms with E-state index >= 15 is 0 Å². The van der Waals surface area contributed by atoms with E-state index < -0.39 is 0 Å². The summed E-state index contributed by atoms with van der Waals surface area (Å²) in [5.41, 5.74) is 1.71. The number of rotatable bonds is 7. The number of halogens is 2. The molecule has 0 saturated carbocycles. The smallest absolute Gasteiger partial charge is 0.252 e. The fourth-order valence-electron chi connectivity index (χ4n) is 2.09. The van der Waals surface area contributed by atoms with E-state index in [-0.39, 0.29) is 5.91 Å². The molecular weight excluding hydrogens is 347 g/mol. The summed E-state index contributed by atoms with van der Waals surface area (Å²) < 4.78 is 0. The molecule has 0 atom stereocenters. The van der Waals surface area contributed by atoms with Crippen molar-refractivity contribution in [3.05, 3.63) is 52.3 Å². The quantitative estimate of drug-likeness (QED) is 0.731. The molecule has 1 aromatic heterocycles. The lowest BCUT2D eigenvalue weighted by Gasteiger charge is -2.12. The highest BCUT2D eigenvalue weighted by atomic mass is 35.5. The molecule has 0 aliphatic rings. The van der Waals surface area contributed by atoms with Crippen LogP contribution in [0.5, 0.6) is 0 Å². The first-order valence-electron chi connectivity index (χ1n) is 7.56. The highest BCUT2D eigenvalue weighted by Gasteiger charge is 2.09. The number of nitrogens with zero attached hydrogens (tertiary/aromatic N) is 2. The largest absolute Gasteiger partial charge is 0.352 e. The number of carbonyl (C=O) groups is 1. The number of para-hydroxylation sites is 1. The van der Waals surface area contributed by atoms with E-state index in [9.17, 15) is 4.79 Å². The molecule has 2 aromatic rings. The van der Waals surface area contributed by atoms with Crippen LogP contribution in [-0.2, 0) is 0 Å². The third-order valence-electron chi connectivity index (χ3n) is 3.30. The van der Waals surface area contributed by atoms with E-state index in [0.717, 1.165) is 13.0 Å². The van der Waals surface area contributed by atoms with Crippen LogP contribution in [0.3, 0.4) is 0 Å². The highest BCUT2D eigenvalue weighted by molar-refractivity contribution is 6.39. The van der Waals surface area contributed by atoms with Crippen LogP contribution in [0.4, 0.5) is 11.4 Å². The predicted molar refractivity (Wildman–Crippen MR) is 99.5 cm³/mol. The molecule has 0 radical (unpaired) electrons. The van der Waals surface area contributed by atoms with Crippen molar-refractivity contribution in [2.24, 2.45) is 0 Å². The second kappa shape index (κ2) is 8.87. The zero-order valence-corrected chi connectivity index (χ0v) is 15.2. The SMILES string of the molecule is CN(C)CCCNC(=O)c1cncc(Nc2c(Cl)cccc2Cl)c1. The molecule has 0 saturated heterocycles. The van der Waals surface area contributed by atoms with Gasteiger partial charge in [-0.25, -0.2) is 0 Å². The molecule has 7 heteroatoms. The number of carbonyl (C=O) groups excluding carboxylic acids is 1. The Hall–Kier alpha value is -1.82. The van der Waals surface area contributed by atoms with Crippen molar-refractivity contribution in [3.8, 4) is 0 Å². The van der Waals surface area contributed by atoms with Crippen LogP contribution in [-0.4, -0.2) is 43.0 Å². The minimum Gasteiger partial charge on any atom is -0.352 e. The summed E-state index contributed by atoms with van der Waals surface area (Å²) in [6.45, 7) is 1.54. The number of hydrogen-bond acceptors (Lipinski definition) is 4. The van der Waals surface area contributed by atoms with Gasteiger partial charge in [0.05, 0.1) is 33.2 Å². The minimum absolute atomic E-state index is 0.157. The summed E-state index contributed by atoms with van der Waals surface area (Å²) in [6, 6.07) is 6.97. The lowest BCUT2D eigenvalue weighted by molar-refractivity contribution is 0.0952. The van der Waals surface area contributed by atoms with Crippen LogP contribution in [0.2, 0.25) is 10.0 Å². The van der Waals surface area contributed by atoms with Crippen LogP contribution >= 0.6 is 23.2 Å². The average Bonchev–Trinajstić information content (AvgIpc) is 2.55. The van der Waals surface area contributed by atoms with Crippen molar-refractivity contribution in [2.75, 3.05) is 32.5 Å². The standard InChI is InChI=1S/C17H20Cl2N4O/c1-23(2)8-4-7-21-17(24)12-9-13(11-20-10-12)22-16-14(18)5-3-6-15(16)19/h3,5-6,9-11,22H,4,7-8H2,1-2H3,(H,21,24). The summed E-state index contributed by atoms with van der Waals surface area (Å²) in [7, 11) is 4.00. The van der Waals surface area contributed by atoms with Gasteiger partial charge in [0.1, 0.15) is 0 Å². The number of anilines is 2. The van der Waals surface area contributed by atoms with E-state index in [1.165, 1.54) is 6.20 Å². The molecule has 128 valence electrons. The number of pyridine rings is 1. The second-order valence-electron chi connectivity index (χ2n) is 5.60. The number of benzene rings is 1. The Bertz CT molecular complexity index is 686. The van der Waals surface area contributed by atoms with Gasteiger partial charge in [0.2, 0.25) is 0 Å². The number of aromatic nitrogens is 1. The van der Waals surface area contributed by atoms with Crippen molar-refractivity contribution < 1.29 is 4.79 Å². The van der Waals surface area contributed by atoms with E-state index in [1.807, 2.05) is 14.1 Å². The topological polar surface area (TPSA) is 57.3 Å². The van der Waals surface area contributed by atoms with Gasteiger partial charge in [0.25, 0.3) is 5.91 Å². The predicted octanol–water partition coefficient (Wildman–Crippen LogP) is 3.81. The number of nitrogens with one attached hydrogen (secondary N) is 2. The van der Waals surface area contributed by atoms with Crippen molar-refractivity contribution in [1.82, 2.24) is 15.2 Å². The summed E-state index contributed by atoms with van der Waals surface area (Å²) in [4.78, 5) is 18.4. The molecule has 24 heavy (non-hydrogen) atoms. The van der Waals surface area contributed by atoms with E-state index in [2.05, 4.69) is 20.5 Å². The third-order valence-corrected chi connectivity index (χ3v) is 3.93. The Morgan fingerprint density at radius 3 is 2.58 bits per heavy atom. The van der Waals surface area contributed by atoms with Gasteiger partial charge >= 0.3 is 0 Å². The van der Waals surface area contributed by atoms with Crippen molar-refractivity contribution in [1.29, 1.82) is 0 Å². The Kier molecular flexibility index (Phi) is 6.85. The molecule has 0 bridgehead atoms. The average molecular weight is 367 g/mol. The van der Waals surface area contributed by atoms with E-state index in [0.29, 0.717) is 33.5 Å². The van der Waals surface area contributed by atoms with Gasteiger partial charge in [-0.05, 0) is 45.3 Å². The van der Waals surface area contributed by atoms with E-state index in [1.54, 1.807) is 30.5 Å². The van der Waals surface area contributed by atoms with Crippen molar-refractivity contribution in [2.45, 2.75) is 6.42 Å². The van der Waals surface area contributed by atoms with Crippen LogP contribution in [0, 0.1) is 0 Å². The van der Waals surface area contributed by atoms with Gasteiger partial charge < -0.3 is 15.5 Å². The van der Waals surface area contributed by atoms with Gasteiger partial charge in [-0.1, -0.05) is 29.3 Å². The molecule has 2 N–H and O–H groups in total. The maximum Gasteiger partial charge on any atom is 0.252 e. The molecule has 0 aliphatic heterocycles. The summed E-state index contributed by atoms with van der Waals surface area (Å²) in [6.07, 6.45) is 4.03. The van der Waals surface area contributed by atoms with Crippen LogP contribution in [0.15, 0.2) is 36.7 Å². The first-order valence-corrected chi connectivity index (χ1v) is 8.32. The Morgan fingerprint density at radius 1 is 1.21 bits per heavy atom. The molecule has 0 spiro atoms. The zero-order chi connectivity index (χ0) is 17.5. The van der Waals surface area contributed by atoms with Crippen LogP contribution in [0.25, 0.3) is 0 Å². The Morgan fingerprint density at radius 2 is 1.92 bits per heavy atom. The molecule has 0 aliphatic carbocycles. The van der Waals surface area contributed by atoms with Gasteiger partial charge in [0, 0.05) is 12.7 Å². The van der Waals surface area contributed by atoms with Crippen LogP contribution < -0.4 is 10.6 Å². The third kappa shape index (κ3) is 5.37. The lowest BCUT2D eigenvalue weighted by Crippen LogP contribution is -2.27. The van der Waals surface area contributed by atoms with Crippen LogP contribution in [0.1, 0.15) is 16.8 Å². The fraction of sp³-hybridized carbons (Fsp3) is 0.294. The van der Waals surface area contributed by atoms with Gasteiger partial charge in [0.15, 0.2) is 0 Å².